The van der Waals surface area contributed by atoms with Crippen LogP contribution in [0.25, 0.3) is 0 Å². The maximum atomic E-state index is 13.5. The molecule has 1 fully saturated rings. The fraction of sp³-hybridized carbons (Fsp3) is 0.789. The second-order valence-electron chi connectivity index (χ2n) is 8.86. The lowest BCUT2D eigenvalue weighted by molar-refractivity contribution is -0.270. The van der Waals surface area contributed by atoms with Gasteiger partial charge in [0.1, 0.15) is 17.7 Å². The fourth-order valence-electron chi connectivity index (χ4n) is 2.96. The average Bonchev–Trinajstić information content (AvgIpc) is 2.95. The van der Waals surface area contributed by atoms with E-state index in [4.69, 9.17) is 4.74 Å². The summed E-state index contributed by atoms with van der Waals surface area (Å²) in [4.78, 5) is 49.8. The van der Waals surface area contributed by atoms with E-state index in [0.29, 0.717) is 0 Å². The smallest absolute Gasteiger partial charge is 0.444 e. The summed E-state index contributed by atoms with van der Waals surface area (Å²) >= 11 is 0. The third-order valence-corrected chi connectivity index (χ3v) is 4.69. The number of rotatable bonds is 7. The molecule has 0 saturated carbocycles. The van der Waals surface area contributed by atoms with Gasteiger partial charge in [0, 0.05) is 6.54 Å². The maximum Gasteiger partial charge on any atom is 0.461 e. The number of hydrogen-bond acceptors (Lipinski definition) is 5. The van der Waals surface area contributed by atoms with Gasteiger partial charge in [-0.25, -0.2) is 4.79 Å². The van der Waals surface area contributed by atoms with Gasteiger partial charge in [0.25, 0.3) is 0 Å². The summed E-state index contributed by atoms with van der Waals surface area (Å²) in [5.41, 5.74) is -0.810. The minimum Gasteiger partial charge on any atom is -0.444 e. The van der Waals surface area contributed by atoms with Crippen LogP contribution < -0.4 is 10.6 Å². The summed E-state index contributed by atoms with van der Waals surface area (Å²) in [6, 6.07) is -4.42. The first-order chi connectivity index (χ1) is 14.3. The van der Waals surface area contributed by atoms with Crippen LogP contribution >= 0.6 is 0 Å². The van der Waals surface area contributed by atoms with E-state index < -0.39 is 65.4 Å². The molecule has 0 aromatic heterocycles. The largest absolute Gasteiger partial charge is 0.461 e. The Morgan fingerprint density at radius 1 is 1.06 bits per heavy atom. The van der Waals surface area contributed by atoms with Crippen LogP contribution in [0.3, 0.4) is 0 Å². The zero-order valence-corrected chi connectivity index (χ0v) is 18.6. The monoisotopic (exact) mass is 473 g/mol. The Labute approximate surface area is 182 Å². The number of hydrogen-bond donors (Lipinski definition) is 2. The third kappa shape index (κ3) is 6.52. The van der Waals surface area contributed by atoms with Gasteiger partial charge in [-0.3, -0.25) is 14.4 Å². The van der Waals surface area contributed by atoms with E-state index in [2.05, 4.69) is 5.32 Å². The predicted molar refractivity (Wildman–Crippen MR) is 102 cm³/mol. The van der Waals surface area contributed by atoms with E-state index in [1.54, 1.807) is 20.8 Å². The highest BCUT2D eigenvalue weighted by Gasteiger charge is 2.64. The minimum atomic E-state index is -6.11. The summed E-state index contributed by atoms with van der Waals surface area (Å²) in [6.07, 6.45) is -6.84. The Morgan fingerprint density at radius 3 is 2.03 bits per heavy atom. The van der Waals surface area contributed by atoms with Crippen molar-refractivity contribution in [2.24, 2.45) is 5.92 Å². The van der Waals surface area contributed by atoms with Crippen molar-refractivity contribution in [2.45, 2.75) is 83.8 Å². The van der Waals surface area contributed by atoms with Gasteiger partial charge in [0.15, 0.2) is 0 Å². The standard InChI is InChI=1S/C19H28F5N3O5/c1-9(2)12(13(28)18(20,21)19(22,23)24)26-14(29)10(3)27-8-7-11(15(27)30)25-16(31)32-17(4,5)6/h9-12H,7-8H2,1-6H3,(H,25,31)(H,26,29)/t10-,11-,12?/m0/s1. The minimum absolute atomic E-state index is 0.00683. The number of alkyl halides is 5. The van der Waals surface area contributed by atoms with Gasteiger partial charge in [0.2, 0.25) is 17.6 Å². The van der Waals surface area contributed by atoms with Gasteiger partial charge in [-0.05, 0) is 40.0 Å². The van der Waals surface area contributed by atoms with Gasteiger partial charge >= 0.3 is 18.2 Å². The van der Waals surface area contributed by atoms with Crippen molar-refractivity contribution in [3.8, 4) is 0 Å². The van der Waals surface area contributed by atoms with E-state index in [-0.39, 0.29) is 13.0 Å². The Balaban J connectivity index is 2.87. The van der Waals surface area contributed by atoms with E-state index >= 15 is 0 Å². The van der Waals surface area contributed by atoms with Crippen molar-refractivity contribution < 1.29 is 45.9 Å². The number of ketones is 1. The van der Waals surface area contributed by atoms with E-state index in [1.807, 2.05) is 5.32 Å². The first-order valence-electron chi connectivity index (χ1n) is 9.88. The first kappa shape index (κ1) is 27.6. The molecule has 0 aromatic carbocycles. The SMILES string of the molecule is CC(C)C(NC(=O)[C@H](C)N1CC[C@H](NC(=O)OC(C)(C)C)C1=O)C(=O)C(F)(F)C(F)(F)F. The number of ether oxygens (including phenoxy) is 1. The van der Waals surface area contributed by atoms with Crippen LogP contribution in [0.2, 0.25) is 0 Å². The molecule has 3 amide bonds. The van der Waals surface area contributed by atoms with Crippen LogP contribution in [-0.2, 0) is 19.1 Å². The highest BCUT2D eigenvalue weighted by Crippen LogP contribution is 2.37. The summed E-state index contributed by atoms with van der Waals surface area (Å²) in [6.45, 7) is 8.49. The second kappa shape index (κ2) is 9.57. The number of nitrogens with zero attached hydrogens (tertiary/aromatic N) is 1. The van der Waals surface area contributed by atoms with Crippen molar-refractivity contribution >= 4 is 23.7 Å². The fourth-order valence-corrected chi connectivity index (χ4v) is 2.96. The van der Waals surface area contributed by atoms with Crippen molar-refractivity contribution in [3.63, 3.8) is 0 Å². The summed E-state index contributed by atoms with van der Waals surface area (Å²) in [5.74, 6) is -11.0. The van der Waals surface area contributed by atoms with Crippen LogP contribution in [0.4, 0.5) is 26.7 Å². The van der Waals surface area contributed by atoms with Gasteiger partial charge < -0.3 is 20.3 Å². The molecule has 32 heavy (non-hydrogen) atoms. The van der Waals surface area contributed by atoms with Crippen molar-refractivity contribution in [3.05, 3.63) is 0 Å². The number of alkyl carbamates (subject to hydrolysis) is 1. The van der Waals surface area contributed by atoms with Crippen molar-refractivity contribution in [1.82, 2.24) is 15.5 Å². The van der Waals surface area contributed by atoms with Gasteiger partial charge in [-0.1, -0.05) is 13.8 Å². The number of carbonyl (C=O) groups is 4. The van der Waals surface area contributed by atoms with Crippen molar-refractivity contribution in [1.29, 1.82) is 0 Å². The Kier molecular flexibility index (Phi) is 8.24. The number of likely N-dealkylation sites (tertiary alicyclic amines) is 1. The number of nitrogens with one attached hydrogen (secondary N) is 2. The lowest BCUT2D eigenvalue weighted by Crippen LogP contribution is -2.59. The van der Waals surface area contributed by atoms with Crippen LogP contribution in [0, 0.1) is 5.92 Å². The summed E-state index contributed by atoms with van der Waals surface area (Å²) in [5, 5.41) is 4.26. The molecule has 0 aliphatic carbocycles. The Morgan fingerprint density at radius 2 is 1.59 bits per heavy atom. The highest BCUT2D eigenvalue weighted by molar-refractivity contribution is 5.97. The zero-order chi connectivity index (χ0) is 25.2. The van der Waals surface area contributed by atoms with Gasteiger partial charge in [-0.2, -0.15) is 22.0 Å². The molecule has 184 valence electrons. The van der Waals surface area contributed by atoms with Gasteiger partial charge in [0.05, 0.1) is 6.04 Å². The van der Waals surface area contributed by atoms with Crippen molar-refractivity contribution in [2.75, 3.05) is 6.54 Å². The second-order valence-corrected chi connectivity index (χ2v) is 8.86. The van der Waals surface area contributed by atoms with Crippen LogP contribution in [0.15, 0.2) is 0 Å². The number of halogens is 5. The first-order valence-corrected chi connectivity index (χ1v) is 9.88. The predicted octanol–water partition coefficient (Wildman–Crippen LogP) is 2.41. The molecular formula is C19H28F5N3O5. The normalized spacial score (nSPS) is 19.6. The molecular weight excluding hydrogens is 445 g/mol. The average molecular weight is 473 g/mol. The molecule has 8 nitrogen and oxygen atoms in total. The van der Waals surface area contributed by atoms with Gasteiger partial charge in [-0.15, -0.1) is 0 Å². The van der Waals surface area contributed by atoms with Crippen LogP contribution in [0.1, 0.15) is 48.0 Å². The maximum absolute atomic E-state index is 13.5. The summed E-state index contributed by atoms with van der Waals surface area (Å²) < 4.78 is 69.8. The lowest BCUT2D eigenvalue weighted by Gasteiger charge is -2.30. The molecule has 0 bridgehead atoms. The number of Topliss-reactive ketones (excluding diaryl/α,β-unsaturated/α-hetero) is 1. The Hall–Kier alpha value is -2.47. The molecule has 0 radical (unpaired) electrons. The Bertz CT molecular complexity index is 749. The molecule has 0 aromatic rings. The molecule has 13 heteroatoms. The molecule has 1 aliphatic heterocycles. The van der Waals surface area contributed by atoms with Crippen LogP contribution in [-0.4, -0.2) is 71.0 Å². The van der Waals surface area contributed by atoms with E-state index in [0.717, 1.165) is 4.90 Å². The molecule has 0 spiro atoms. The molecule has 1 rings (SSSR count). The number of carbonyl (C=O) groups excluding carboxylic acids is 4. The molecule has 1 aliphatic rings. The van der Waals surface area contributed by atoms with E-state index in [1.165, 1.54) is 20.8 Å². The summed E-state index contributed by atoms with van der Waals surface area (Å²) in [7, 11) is 0. The highest BCUT2D eigenvalue weighted by atomic mass is 19.4. The third-order valence-electron chi connectivity index (χ3n) is 4.69. The van der Waals surface area contributed by atoms with Crippen LogP contribution in [0.5, 0.6) is 0 Å². The molecule has 1 saturated heterocycles. The number of amides is 3. The lowest BCUT2D eigenvalue weighted by atomic mass is 9.95. The zero-order valence-electron chi connectivity index (χ0n) is 18.6. The molecule has 2 N–H and O–H groups in total. The van der Waals surface area contributed by atoms with E-state index in [9.17, 15) is 41.1 Å². The quantitative estimate of drug-likeness (QED) is 0.553. The molecule has 1 unspecified atom stereocenters. The molecule has 1 heterocycles. The topological polar surface area (TPSA) is 105 Å². The molecule has 3 atom stereocenters.